The lowest BCUT2D eigenvalue weighted by Crippen LogP contribution is -2.31. The van der Waals surface area contributed by atoms with E-state index in [0.29, 0.717) is 0 Å². The van der Waals surface area contributed by atoms with Crippen LogP contribution in [0.5, 0.6) is 0 Å². The maximum absolute atomic E-state index is 3.90. The molecular weight excluding hydrogens is 194 g/mol. The standard InChI is InChI=1S/C15H29N/c1-3-6-12-7-5-8-14(10-9-12)16-15-11-13(15)4-2/h12-16H,3-11H2,1-2H3. The first-order chi connectivity index (χ1) is 7.83. The lowest BCUT2D eigenvalue weighted by atomic mass is 9.95. The first-order valence-corrected chi connectivity index (χ1v) is 7.59. The van der Waals surface area contributed by atoms with E-state index in [0.717, 1.165) is 23.9 Å². The highest BCUT2D eigenvalue weighted by molar-refractivity contribution is 4.94. The Hall–Kier alpha value is -0.0400. The average Bonchev–Trinajstić information content (AvgIpc) is 3.05. The van der Waals surface area contributed by atoms with E-state index in [1.807, 2.05) is 0 Å². The van der Waals surface area contributed by atoms with Gasteiger partial charge in [-0.2, -0.15) is 0 Å². The van der Waals surface area contributed by atoms with E-state index < -0.39 is 0 Å². The van der Waals surface area contributed by atoms with Crippen molar-refractivity contribution in [3.63, 3.8) is 0 Å². The molecule has 4 atom stereocenters. The van der Waals surface area contributed by atoms with Crippen LogP contribution in [-0.4, -0.2) is 12.1 Å². The summed E-state index contributed by atoms with van der Waals surface area (Å²) in [4.78, 5) is 0. The second-order valence-corrected chi connectivity index (χ2v) is 6.04. The fourth-order valence-corrected chi connectivity index (χ4v) is 3.45. The molecule has 2 aliphatic rings. The zero-order chi connectivity index (χ0) is 11.4. The van der Waals surface area contributed by atoms with E-state index in [1.165, 1.54) is 57.8 Å². The van der Waals surface area contributed by atoms with Crippen LogP contribution in [0.25, 0.3) is 0 Å². The molecule has 0 saturated heterocycles. The molecule has 2 rings (SSSR count). The first-order valence-electron chi connectivity index (χ1n) is 7.59. The molecule has 16 heavy (non-hydrogen) atoms. The molecule has 2 saturated carbocycles. The van der Waals surface area contributed by atoms with Gasteiger partial charge in [-0.05, 0) is 37.5 Å². The van der Waals surface area contributed by atoms with Gasteiger partial charge in [0, 0.05) is 12.1 Å². The van der Waals surface area contributed by atoms with E-state index >= 15 is 0 Å². The van der Waals surface area contributed by atoms with Gasteiger partial charge < -0.3 is 5.32 Å². The SMILES string of the molecule is CCCC1CCCC(NC2CC2CC)CC1. The van der Waals surface area contributed by atoms with Gasteiger partial charge in [-0.3, -0.25) is 0 Å². The Morgan fingerprint density at radius 3 is 2.62 bits per heavy atom. The van der Waals surface area contributed by atoms with Crippen molar-refractivity contribution in [1.82, 2.24) is 5.32 Å². The van der Waals surface area contributed by atoms with Crippen LogP contribution in [-0.2, 0) is 0 Å². The predicted octanol–water partition coefficient (Wildman–Crippen LogP) is 4.12. The van der Waals surface area contributed by atoms with Gasteiger partial charge >= 0.3 is 0 Å². The number of nitrogens with one attached hydrogen (secondary N) is 1. The van der Waals surface area contributed by atoms with E-state index in [-0.39, 0.29) is 0 Å². The predicted molar refractivity (Wildman–Crippen MR) is 70.6 cm³/mol. The Balaban J connectivity index is 1.68. The van der Waals surface area contributed by atoms with E-state index in [4.69, 9.17) is 0 Å². The van der Waals surface area contributed by atoms with Gasteiger partial charge in [-0.1, -0.05) is 46.0 Å². The average molecular weight is 223 g/mol. The Morgan fingerprint density at radius 1 is 1.06 bits per heavy atom. The monoisotopic (exact) mass is 223 g/mol. The van der Waals surface area contributed by atoms with Crippen molar-refractivity contribution in [3.8, 4) is 0 Å². The van der Waals surface area contributed by atoms with Crippen molar-refractivity contribution in [2.75, 3.05) is 0 Å². The number of hydrogen-bond acceptors (Lipinski definition) is 1. The van der Waals surface area contributed by atoms with Crippen LogP contribution in [0.15, 0.2) is 0 Å². The van der Waals surface area contributed by atoms with E-state index in [2.05, 4.69) is 19.2 Å². The van der Waals surface area contributed by atoms with E-state index in [1.54, 1.807) is 0 Å². The molecule has 0 aromatic heterocycles. The minimum Gasteiger partial charge on any atom is -0.311 e. The van der Waals surface area contributed by atoms with Crippen molar-refractivity contribution in [2.45, 2.75) is 83.7 Å². The Morgan fingerprint density at radius 2 is 1.94 bits per heavy atom. The summed E-state index contributed by atoms with van der Waals surface area (Å²) in [5.74, 6) is 2.05. The molecule has 0 radical (unpaired) electrons. The molecule has 0 amide bonds. The summed E-state index contributed by atoms with van der Waals surface area (Å²) in [6, 6.07) is 1.74. The topological polar surface area (TPSA) is 12.0 Å². The molecule has 0 heterocycles. The first kappa shape index (κ1) is 12.4. The lowest BCUT2D eigenvalue weighted by molar-refractivity contribution is 0.406. The maximum atomic E-state index is 3.90. The number of hydrogen-bond donors (Lipinski definition) is 1. The molecule has 0 bridgehead atoms. The van der Waals surface area contributed by atoms with Crippen LogP contribution in [0.2, 0.25) is 0 Å². The Labute approximate surface area is 101 Å². The molecule has 0 aromatic carbocycles. The normalized spacial score (nSPS) is 39.4. The fraction of sp³-hybridized carbons (Fsp3) is 1.00. The third kappa shape index (κ3) is 3.48. The van der Waals surface area contributed by atoms with Crippen molar-refractivity contribution >= 4 is 0 Å². The van der Waals surface area contributed by atoms with Crippen molar-refractivity contribution < 1.29 is 0 Å². The zero-order valence-corrected chi connectivity index (χ0v) is 11.2. The minimum absolute atomic E-state index is 0.850. The highest BCUT2D eigenvalue weighted by Gasteiger charge is 2.36. The van der Waals surface area contributed by atoms with Crippen LogP contribution in [0.1, 0.15) is 71.6 Å². The second-order valence-electron chi connectivity index (χ2n) is 6.04. The molecule has 2 fully saturated rings. The fourth-order valence-electron chi connectivity index (χ4n) is 3.45. The van der Waals surface area contributed by atoms with Gasteiger partial charge in [0.2, 0.25) is 0 Å². The Bertz CT molecular complexity index is 202. The molecule has 0 spiro atoms. The smallest absolute Gasteiger partial charge is 0.0102 e. The molecular formula is C15H29N. The molecule has 0 aromatic rings. The summed E-state index contributed by atoms with van der Waals surface area (Å²) < 4.78 is 0. The summed E-state index contributed by atoms with van der Waals surface area (Å²) in [5, 5.41) is 3.90. The van der Waals surface area contributed by atoms with Gasteiger partial charge in [-0.15, -0.1) is 0 Å². The summed E-state index contributed by atoms with van der Waals surface area (Å²) >= 11 is 0. The van der Waals surface area contributed by atoms with Crippen LogP contribution in [0.3, 0.4) is 0 Å². The van der Waals surface area contributed by atoms with Gasteiger partial charge in [0.1, 0.15) is 0 Å². The quantitative estimate of drug-likeness (QED) is 0.691. The summed E-state index contributed by atoms with van der Waals surface area (Å²) in [6.45, 7) is 4.66. The highest BCUT2D eigenvalue weighted by atomic mass is 15.0. The molecule has 4 unspecified atom stereocenters. The molecule has 2 aliphatic carbocycles. The third-order valence-corrected chi connectivity index (χ3v) is 4.68. The van der Waals surface area contributed by atoms with Gasteiger partial charge in [0.15, 0.2) is 0 Å². The molecule has 1 heteroatoms. The van der Waals surface area contributed by atoms with Crippen LogP contribution < -0.4 is 5.32 Å². The highest BCUT2D eigenvalue weighted by Crippen LogP contribution is 2.35. The van der Waals surface area contributed by atoms with Crippen LogP contribution in [0.4, 0.5) is 0 Å². The number of rotatable bonds is 5. The molecule has 1 nitrogen and oxygen atoms in total. The third-order valence-electron chi connectivity index (χ3n) is 4.68. The second kappa shape index (κ2) is 6.05. The van der Waals surface area contributed by atoms with Crippen molar-refractivity contribution in [2.24, 2.45) is 11.8 Å². The summed E-state index contributed by atoms with van der Waals surface area (Å²) in [6.07, 6.45) is 13.0. The van der Waals surface area contributed by atoms with Gasteiger partial charge in [-0.25, -0.2) is 0 Å². The Kier molecular flexibility index (Phi) is 4.69. The minimum atomic E-state index is 0.850. The van der Waals surface area contributed by atoms with Crippen LogP contribution in [0, 0.1) is 11.8 Å². The molecule has 94 valence electrons. The van der Waals surface area contributed by atoms with Crippen LogP contribution >= 0.6 is 0 Å². The van der Waals surface area contributed by atoms with Gasteiger partial charge in [0.25, 0.3) is 0 Å². The zero-order valence-electron chi connectivity index (χ0n) is 11.2. The summed E-state index contributed by atoms with van der Waals surface area (Å²) in [5.41, 5.74) is 0. The molecule has 0 aliphatic heterocycles. The maximum Gasteiger partial charge on any atom is 0.0102 e. The summed E-state index contributed by atoms with van der Waals surface area (Å²) in [7, 11) is 0. The lowest BCUT2D eigenvalue weighted by Gasteiger charge is -2.16. The molecule has 1 N–H and O–H groups in total. The van der Waals surface area contributed by atoms with Crippen molar-refractivity contribution in [3.05, 3.63) is 0 Å². The van der Waals surface area contributed by atoms with Gasteiger partial charge in [0.05, 0.1) is 0 Å². The van der Waals surface area contributed by atoms with E-state index in [9.17, 15) is 0 Å². The largest absolute Gasteiger partial charge is 0.311 e. The van der Waals surface area contributed by atoms with Crippen molar-refractivity contribution in [1.29, 1.82) is 0 Å².